The molecule has 0 heterocycles. The molecule has 0 aliphatic carbocycles. The number of halogens is 3. The monoisotopic (exact) mass is 318 g/mol. The molecular formula is C13H10Cl3OP. The van der Waals surface area contributed by atoms with Crippen LogP contribution in [0.3, 0.4) is 0 Å². The van der Waals surface area contributed by atoms with Crippen molar-refractivity contribution in [3.05, 3.63) is 60.7 Å². The molecule has 94 valence electrons. The van der Waals surface area contributed by atoms with Gasteiger partial charge in [0, 0.05) is 10.6 Å². The Hall–Kier alpha value is -0.460. The highest BCUT2D eigenvalue weighted by Crippen LogP contribution is 2.63. The van der Waals surface area contributed by atoms with Crippen molar-refractivity contribution in [2.24, 2.45) is 0 Å². The lowest BCUT2D eigenvalue weighted by Gasteiger charge is -2.25. The molecule has 0 amide bonds. The Labute approximate surface area is 121 Å². The van der Waals surface area contributed by atoms with Crippen LogP contribution in [0, 0.1) is 0 Å². The van der Waals surface area contributed by atoms with E-state index in [1.54, 1.807) is 48.5 Å². The maximum absolute atomic E-state index is 13.2. The van der Waals surface area contributed by atoms with Gasteiger partial charge in [0.2, 0.25) is 0 Å². The highest BCUT2D eigenvalue weighted by molar-refractivity contribution is 7.84. The first-order valence-corrected chi connectivity index (χ1v) is 8.08. The van der Waals surface area contributed by atoms with Gasteiger partial charge in [-0.15, -0.1) is 0 Å². The summed E-state index contributed by atoms with van der Waals surface area (Å²) < 4.78 is 11.4. The third-order valence-corrected chi connectivity index (χ3v) is 7.50. The number of benzene rings is 2. The van der Waals surface area contributed by atoms with E-state index in [-0.39, 0.29) is 0 Å². The average Bonchev–Trinajstić information content (AvgIpc) is 2.38. The fourth-order valence-corrected chi connectivity index (χ4v) is 5.54. The zero-order valence-electron chi connectivity index (χ0n) is 9.26. The van der Waals surface area contributed by atoms with Crippen molar-refractivity contribution in [3.63, 3.8) is 0 Å². The second-order valence-electron chi connectivity index (χ2n) is 3.75. The first-order chi connectivity index (χ1) is 8.46. The smallest absolute Gasteiger partial charge is 0.250 e. The van der Waals surface area contributed by atoms with Crippen LogP contribution in [0.2, 0.25) is 0 Å². The zero-order chi connectivity index (χ0) is 13.2. The molecule has 2 rings (SSSR count). The summed E-state index contributed by atoms with van der Waals surface area (Å²) in [5, 5.41) is 1.08. The van der Waals surface area contributed by atoms with E-state index in [1.807, 2.05) is 12.1 Å². The van der Waals surface area contributed by atoms with Crippen molar-refractivity contribution in [2.45, 2.75) is 3.53 Å². The lowest BCUT2D eigenvalue weighted by molar-refractivity contribution is 0.587. The van der Waals surface area contributed by atoms with Crippen LogP contribution in [-0.4, -0.2) is 3.53 Å². The lowest BCUT2D eigenvalue weighted by Crippen LogP contribution is -2.25. The first-order valence-electron chi connectivity index (χ1n) is 5.24. The van der Waals surface area contributed by atoms with Gasteiger partial charge >= 0.3 is 0 Å². The van der Waals surface area contributed by atoms with Crippen LogP contribution in [0.25, 0.3) is 0 Å². The van der Waals surface area contributed by atoms with Crippen molar-refractivity contribution in [1.29, 1.82) is 0 Å². The van der Waals surface area contributed by atoms with Crippen molar-refractivity contribution >= 4 is 52.6 Å². The highest BCUT2D eigenvalue weighted by Gasteiger charge is 2.46. The Morgan fingerprint density at radius 1 is 0.722 bits per heavy atom. The van der Waals surface area contributed by atoms with E-state index in [0.717, 1.165) is 0 Å². The van der Waals surface area contributed by atoms with Gasteiger partial charge < -0.3 is 4.57 Å². The Kier molecular flexibility index (Phi) is 4.08. The molecule has 0 aliphatic rings. The molecular weight excluding hydrogens is 309 g/mol. The molecule has 0 aromatic heterocycles. The molecule has 18 heavy (non-hydrogen) atoms. The Bertz CT molecular complexity index is 520. The van der Waals surface area contributed by atoms with E-state index in [4.69, 9.17) is 34.8 Å². The number of alkyl halides is 3. The van der Waals surface area contributed by atoms with E-state index in [0.29, 0.717) is 10.6 Å². The molecule has 0 aliphatic heterocycles. The van der Waals surface area contributed by atoms with Crippen molar-refractivity contribution in [1.82, 2.24) is 0 Å². The molecule has 0 saturated carbocycles. The average molecular weight is 320 g/mol. The summed E-state index contributed by atoms with van der Waals surface area (Å²) in [4.78, 5) is 0. The predicted molar refractivity (Wildman–Crippen MR) is 80.0 cm³/mol. The van der Waals surface area contributed by atoms with Gasteiger partial charge in [-0.05, 0) is 0 Å². The van der Waals surface area contributed by atoms with E-state index >= 15 is 0 Å². The van der Waals surface area contributed by atoms with Gasteiger partial charge in [0.25, 0.3) is 3.53 Å². The van der Waals surface area contributed by atoms with E-state index in [1.165, 1.54) is 0 Å². The third kappa shape index (κ3) is 2.46. The summed E-state index contributed by atoms with van der Waals surface area (Å²) in [6.07, 6.45) is 0. The van der Waals surface area contributed by atoms with Gasteiger partial charge in [0.1, 0.15) is 0 Å². The zero-order valence-corrected chi connectivity index (χ0v) is 12.4. The Morgan fingerprint density at radius 3 is 1.33 bits per heavy atom. The number of rotatable bonds is 2. The topological polar surface area (TPSA) is 17.1 Å². The minimum atomic E-state index is -3.31. The molecule has 0 N–H and O–H groups in total. The number of hydrogen-bond acceptors (Lipinski definition) is 1. The molecule has 2 aromatic rings. The SMILES string of the molecule is O=P(c1ccccc1)(c1ccccc1)C(Cl)(Cl)Cl. The van der Waals surface area contributed by atoms with Crippen LogP contribution in [0.15, 0.2) is 60.7 Å². The Morgan fingerprint density at radius 2 is 1.06 bits per heavy atom. The maximum Gasteiger partial charge on any atom is 0.250 e. The predicted octanol–water partition coefficient (Wildman–Crippen LogP) is 4.33. The Balaban J connectivity index is 2.68. The molecule has 0 bridgehead atoms. The fourth-order valence-electron chi connectivity index (χ4n) is 1.72. The number of hydrogen-bond donors (Lipinski definition) is 0. The standard InChI is InChI=1S/C13H10Cl3OP/c14-13(15,16)18(17,11-7-3-1-4-8-11)12-9-5-2-6-10-12/h1-10H. The van der Waals surface area contributed by atoms with Crippen LogP contribution in [0.1, 0.15) is 0 Å². The maximum atomic E-state index is 13.2. The second-order valence-corrected chi connectivity index (χ2v) is 9.74. The van der Waals surface area contributed by atoms with Crippen LogP contribution >= 0.6 is 41.9 Å². The fraction of sp³-hybridized carbons (Fsp3) is 0.0769. The molecule has 0 saturated heterocycles. The molecule has 0 unspecified atom stereocenters. The lowest BCUT2D eigenvalue weighted by atomic mass is 10.4. The van der Waals surface area contributed by atoms with Crippen molar-refractivity contribution in [2.75, 3.05) is 0 Å². The van der Waals surface area contributed by atoms with Crippen LogP contribution < -0.4 is 10.6 Å². The van der Waals surface area contributed by atoms with Gasteiger partial charge in [0.15, 0.2) is 7.14 Å². The summed E-state index contributed by atoms with van der Waals surface area (Å²) in [6, 6.07) is 17.6. The van der Waals surface area contributed by atoms with E-state index in [9.17, 15) is 4.57 Å². The summed E-state index contributed by atoms with van der Waals surface area (Å²) in [6.45, 7) is 0. The summed E-state index contributed by atoms with van der Waals surface area (Å²) in [5.41, 5.74) is 0. The van der Waals surface area contributed by atoms with E-state index in [2.05, 4.69) is 0 Å². The van der Waals surface area contributed by atoms with Crippen LogP contribution in [0.4, 0.5) is 0 Å². The summed E-state index contributed by atoms with van der Waals surface area (Å²) >= 11 is 17.9. The minimum Gasteiger partial charge on any atom is -0.309 e. The molecule has 2 aromatic carbocycles. The van der Waals surface area contributed by atoms with Crippen LogP contribution in [-0.2, 0) is 4.57 Å². The molecule has 0 atom stereocenters. The van der Waals surface area contributed by atoms with E-state index < -0.39 is 10.7 Å². The molecule has 0 spiro atoms. The minimum absolute atomic E-state index is 0.538. The quantitative estimate of drug-likeness (QED) is 0.595. The molecule has 0 fully saturated rings. The first kappa shape index (κ1) is 14.0. The van der Waals surface area contributed by atoms with Gasteiger partial charge in [-0.25, -0.2) is 0 Å². The van der Waals surface area contributed by atoms with Gasteiger partial charge in [0.05, 0.1) is 0 Å². The van der Waals surface area contributed by atoms with Gasteiger partial charge in [-0.2, -0.15) is 0 Å². The molecule has 0 radical (unpaired) electrons. The summed E-state index contributed by atoms with van der Waals surface area (Å²) in [5.74, 6) is 0. The van der Waals surface area contributed by atoms with Gasteiger partial charge in [-0.3, -0.25) is 0 Å². The highest BCUT2D eigenvalue weighted by atomic mass is 35.6. The summed E-state index contributed by atoms with van der Waals surface area (Å²) in [7, 11) is -3.31. The third-order valence-electron chi connectivity index (χ3n) is 2.60. The normalized spacial score (nSPS) is 12.4. The molecule has 5 heteroatoms. The van der Waals surface area contributed by atoms with Gasteiger partial charge in [-0.1, -0.05) is 95.5 Å². The largest absolute Gasteiger partial charge is 0.309 e. The van der Waals surface area contributed by atoms with Crippen molar-refractivity contribution in [3.8, 4) is 0 Å². The van der Waals surface area contributed by atoms with Crippen molar-refractivity contribution < 1.29 is 4.57 Å². The van der Waals surface area contributed by atoms with Crippen LogP contribution in [0.5, 0.6) is 0 Å². The second kappa shape index (κ2) is 5.27. The molecule has 1 nitrogen and oxygen atoms in total.